The Morgan fingerprint density at radius 1 is 1.21 bits per heavy atom. The van der Waals surface area contributed by atoms with Crippen molar-refractivity contribution in [1.82, 2.24) is 0 Å². The van der Waals surface area contributed by atoms with Crippen LogP contribution < -0.4 is 5.73 Å². The van der Waals surface area contributed by atoms with Gasteiger partial charge in [-0.25, -0.2) is 0 Å². The molecule has 0 aromatic heterocycles. The molecule has 2 rings (SSSR count). The Labute approximate surface area is 116 Å². The summed E-state index contributed by atoms with van der Waals surface area (Å²) in [5.41, 5.74) is 6.61. The van der Waals surface area contributed by atoms with Crippen LogP contribution in [0.5, 0.6) is 0 Å². The summed E-state index contributed by atoms with van der Waals surface area (Å²) in [5, 5.41) is 0. The Bertz CT molecular complexity index is 516. The molecule has 0 aliphatic heterocycles. The molecule has 1 aromatic rings. The summed E-state index contributed by atoms with van der Waals surface area (Å²) in [5.74, 6) is 7.20. The first-order valence-corrected chi connectivity index (χ1v) is 6.89. The fraction of sp³-hybridized carbons (Fsp3) is 0.333. The van der Waals surface area contributed by atoms with Crippen molar-refractivity contribution in [2.75, 3.05) is 6.54 Å². The van der Waals surface area contributed by atoms with Gasteiger partial charge < -0.3 is 5.73 Å². The predicted octanol–water partition coefficient (Wildman–Crippen LogP) is 3.53. The summed E-state index contributed by atoms with van der Waals surface area (Å²) in [6, 6.07) is 10.2. The van der Waals surface area contributed by atoms with Gasteiger partial charge in [0.25, 0.3) is 0 Å². The molecule has 0 heterocycles. The van der Waals surface area contributed by atoms with Crippen molar-refractivity contribution in [1.29, 1.82) is 0 Å². The molecule has 1 aliphatic carbocycles. The molecule has 1 nitrogen and oxygen atoms in total. The molecule has 0 radical (unpaired) electrons. The zero-order chi connectivity index (χ0) is 13.6. The van der Waals surface area contributed by atoms with E-state index in [1.807, 2.05) is 30.3 Å². The smallest absolute Gasteiger partial charge is 0.0534 e. The van der Waals surface area contributed by atoms with Crippen LogP contribution in [0.25, 0.3) is 0 Å². The van der Waals surface area contributed by atoms with Gasteiger partial charge in [-0.15, -0.1) is 0 Å². The van der Waals surface area contributed by atoms with Gasteiger partial charge in [-0.05, 0) is 44.4 Å². The molecule has 0 saturated carbocycles. The minimum Gasteiger partial charge on any atom is -0.330 e. The van der Waals surface area contributed by atoms with Gasteiger partial charge in [-0.2, -0.15) is 0 Å². The van der Waals surface area contributed by atoms with Gasteiger partial charge in [0.15, 0.2) is 0 Å². The van der Waals surface area contributed by atoms with Gasteiger partial charge >= 0.3 is 0 Å². The second-order valence-electron chi connectivity index (χ2n) is 5.18. The lowest BCUT2D eigenvalue weighted by molar-refractivity contribution is 0.374. The van der Waals surface area contributed by atoms with E-state index in [0.717, 1.165) is 24.9 Å². The Morgan fingerprint density at radius 2 is 2.00 bits per heavy atom. The monoisotopic (exact) mass is 251 g/mol. The maximum atomic E-state index is 5.62. The summed E-state index contributed by atoms with van der Waals surface area (Å²) >= 11 is 0. The predicted molar refractivity (Wildman–Crippen MR) is 81.5 cm³/mol. The molecular formula is C18H21N. The first-order valence-electron chi connectivity index (χ1n) is 6.89. The van der Waals surface area contributed by atoms with Crippen LogP contribution in [0.15, 0.2) is 54.6 Å². The third-order valence-electron chi connectivity index (χ3n) is 3.64. The van der Waals surface area contributed by atoms with Crippen molar-refractivity contribution in [3.8, 4) is 11.8 Å². The van der Waals surface area contributed by atoms with Crippen molar-refractivity contribution >= 4 is 0 Å². The molecule has 0 saturated heterocycles. The molecule has 0 fully saturated rings. The minimum atomic E-state index is -0.0836. The number of benzene rings is 1. The number of allylic oxidation sites excluding steroid dienone is 4. The highest BCUT2D eigenvalue weighted by Crippen LogP contribution is 2.35. The summed E-state index contributed by atoms with van der Waals surface area (Å²) in [6.07, 6.45) is 10.8. The third kappa shape index (κ3) is 3.59. The molecule has 19 heavy (non-hydrogen) atoms. The molecular weight excluding hydrogens is 230 g/mol. The number of nitrogens with two attached hydrogens (primary N) is 1. The maximum Gasteiger partial charge on any atom is 0.0534 e. The van der Waals surface area contributed by atoms with Gasteiger partial charge in [-0.1, -0.05) is 54.3 Å². The van der Waals surface area contributed by atoms with Crippen LogP contribution in [0.1, 0.15) is 25.3 Å². The molecule has 1 aliphatic rings. The fourth-order valence-electron chi connectivity index (χ4n) is 2.37. The standard InChI is InChI=1S/C18H21N/c1-18(14-12-16-8-3-2-4-9-16)13-6-5-10-17(18)11-7-15-19/h2-6,8-10,13,17H,7,11,15,19H2,1H3. The highest BCUT2D eigenvalue weighted by atomic mass is 14.5. The van der Waals surface area contributed by atoms with Crippen molar-refractivity contribution in [2.45, 2.75) is 19.8 Å². The van der Waals surface area contributed by atoms with Gasteiger partial charge in [0.05, 0.1) is 5.41 Å². The number of hydrogen-bond acceptors (Lipinski definition) is 1. The van der Waals surface area contributed by atoms with Crippen LogP contribution in [0.3, 0.4) is 0 Å². The SMILES string of the molecule is CC1(C#Cc2ccccc2)C=CC=CC1CCCN. The third-order valence-corrected chi connectivity index (χ3v) is 3.64. The van der Waals surface area contributed by atoms with Crippen LogP contribution in [-0.4, -0.2) is 6.54 Å². The fourth-order valence-corrected chi connectivity index (χ4v) is 2.37. The lowest BCUT2D eigenvalue weighted by Crippen LogP contribution is -2.24. The topological polar surface area (TPSA) is 26.0 Å². The molecule has 98 valence electrons. The van der Waals surface area contributed by atoms with Gasteiger partial charge in [0.1, 0.15) is 0 Å². The van der Waals surface area contributed by atoms with Crippen LogP contribution in [-0.2, 0) is 0 Å². The zero-order valence-corrected chi connectivity index (χ0v) is 11.5. The minimum absolute atomic E-state index is 0.0836. The van der Waals surface area contributed by atoms with Crippen molar-refractivity contribution in [3.63, 3.8) is 0 Å². The first kappa shape index (κ1) is 13.6. The van der Waals surface area contributed by atoms with Crippen LogP contribution in [0, 0.1) is 23.2 Å². The molecule has 0 amide bonds. The molecule has 0 bridgehead atoms. The summed E-state index contributed by atoms with van der Waals surface area (Å²) in [6.45, 7) is 2.96. The maximum absolute atomic E-state index is 5.62. The summed E-state index contributed by atoms with van der Waals surface area (Å²) in [7, 11) is 0. The number of rotatable bonds is 3. The van der Waals surface area contributed by atoms with Crippen LogP contribution in [0.2, 0.25) is 0 Å². The van der Waals surface area contributed by atoms with E-state index in [4.69, 9.17) is 5.73 Å². The molecule has 2 atom stereocenters. The molecule has 0 spiro atoms. The summed E-state index contributed by atoms with van der Waals surface area (Å²) < 4.78 is 0. The summed E-state index contributed by atoms with van der Waals surface area (Å²) in [4.78, 5) is 0. The molecule has 1 heteroatoms. The van der Waals surface area contributed by atoms with E-state index in [-0.39, 0.29) is 5.41 Å². The highest BCUT2D eigenvalue weighted by molar-refractivity contribution is 5.38. The van der Waals surface area contributed by atoms with E-state index < -0.39 is 0 Å². The molecule has 2 N–H and O–H groups in total. The van der Waals surface area contributed by atoms with Gasteiger partial charge in [0.2, 0.25) is 0 Å². The quantitative estimate of drug-likeness (QED) is 0.817. The Hall–Kier alpha value is -1.78. The average Bonchev–Trinajstić information content (AvgIpc) is 2.46. The Balaban J connectivity index is 2.18. The van der Waals surface area contributed by atoms with Crippen molar-refractivity contribution in [2.24, 2.45) is 17.1 Å². The highest BCUT2D eigenvalue weighted by Gasteiger charge is 2.28. The van der Waals surface area contributed by atoms with Gasteiger partial charge in [-0.3, -0.25) is 0 Å². The van der Waals surface area contributed by atoms with E-state index in [1.165, 1.54) is 0 Å². The number of hydrogen-bond donors (Lipinski definition) is 1. The average molecular weight is 251 g/mol. The van der Waals surface area contributed by atoms with E-state index in [0.29, 0.717) is 5.92 Å². The van der Waals surface area contributed by atoms with Crippen molar-refractivity contribution < 1.29 is 0 Å². The first-order chi connectivity index (χ1) is 9.24. The molecule has 1 aromatic carbocycles. The lowest BCUT2D eigenvalue weighted by atomic mass is 9.72. The van der Waals surface area contributed by atoms with Crippen LogP contribution >= 0.6 is 0 Å². The largest absolute Gasteiger partial charge is 0.330 e. The van der Waals surface area contributed by atoms with Crippen LogP contribution in [0.4, 0.5) is 0 Å². The normalized spacial score (nSPS) is 24.8. The zero-order valence-electron chi connectivity index (χ0n) is 11.5. The van der Waals surface area contributed by atoms with E-state index in [2.05, 4.69) is 43.1 Å². The lowest BCUT2D eigenvalue weighted by Gasteiger charge is -2.30. The van der Waals surface area contributed by atoms with E-state index in [1.54, 1.807) is 0 Å². The second kappa shape index (κ2) is 6.41. The second-order valence-corrected chi connectivity index (χ2v) is 5.18. The van der Waals surface area contributed by atoms with Gasteiger partial charge in [0, 0.05) is 5.56 Å². The Kier molecular flexibility index (Phi) is 4.60. The Morgan fingerprint density at radius 3 is 2.74 bits per heavy atom. The molecule has 2 unspecified atom stereocenters. The van der Waals surface area contributed by atoms with Crippen molar-refractivity contribution in [3.05, 3.63) is 60.2 Å². The van der Waals surface area contributed by atoms with E-state index >= 15 is 0 Å². The van der Waals surface area contributed by atoms with E-state index in [9.17, 15) is 0 Å².